The third kappa shape index (κ3) is 5.44. The Hall–Kier alpha value is -3.15. The van der Waals surface area contributed by atoms with Crippen LogP contribution < -0.4 is 10.6 Å². The number of carbonyl (C=O) groups excluding carboxylic acids is 2. The molecule has 2 amide bonds. The van der Waals surface area contributed by atoms with Crippen molar-refractivity contribution in [1.82, 2.24) is 10.6 Å². The first-order valence-corrected chi connectivity index (χ1v) is 8.47. The summed E-state index contributed by atoms with van der Waals surface area (Å²) in [7, 11) is 0. The van der Waals surface area contributed by atoms with Crippen LogP contribution in [0.3, 0.4) is 0 Å². The van der Waals surface area contributed by atoms with E-state index in [0.717, 1.165) is 6.42 Å². The molecule has 6 heteroatoms. The van der Waals surface area contributed by atoms with Crippen molar-refractivity contribution in [2.75, 3.05) is 6.54 Å². The highest BCUT2D eigenvalue weighted by Gasteiger charge is 2.19. The van der Waals surface area contributed by atoms with Crippen molar-refractivity contribution < 1.29 is 19.5 Å². The number of hydrogen-bond donors (Lipinski definition) is 3. The van der Waals surface area contributed by atoms with Crippen LogP contribution in [-0.4, -0.2) is 29.4 Å². The van der Waals surface area contributed by atoms with Crippen LogP contribution in [0.15, 0.2) is 54.6 Å². The lowest BCUT2D eigenvalue weighted by atomic mass is 10.0. The van der Waals surface area contributed by atoms with Gasteiger partial charge in [-0.15, -0.1) is 0 Å². The zero-order chi connectivity index (χ0) is 18.9. The number of nitrogens with one attached hydrogen (secondary N) is 2. The van der Waals surface area contributed by atoms with E-state index < -0.39 is 17.9 Å². The minimum Gasteiger partial charge on any atom is -0.481 e. The van der Waals surface area contributed by atoms with E-state index in [-0.39, 0.29) is 12.3 Å². The van der Waals surface area contributed by atoms with Gasteiger partial charge in [0.2, 0.25) is 0 Å². The summed E-state index contributed by atoms with van der Waals surface area (Å²) in [6, 6.07) is 14.6. The first-order valence-electron chi connectivity index (χ1n) is 8.47. The topological polar surface area (TPSA) is 95.5 Å². The fraction of sp³-hybridized carbons (Fsp3) is 0.250. The van der Waals surface area contributed by atoms with Crippen LogP contribution in [0.4, 0.5) is 0 Å². The summed E-state index contributed by atoms with van der Waals surface area (Å²) >= 11 is 0. The predicted octanol–water partition coefficient (Wildman–Crippen LogP) is 2.77. The van der Waals surface area contributed by atoms with Crippen LogP contribution in [0, 0.1) is 0 Å². The van der Waals surface area contributed by atoms with Gasteiger partial charge in [-0.05, 0) is 30.2 Å². The van der Waals surface area contributed by atoms with Crippen molar-refractivity contribution in [2.24, 2.45) is 0 Å². The van der Waals surface area contributed by atoms with E-state index in [0.29, 0.717) is 23.2 Å². The molecule has 1 unspecified atom stereocenters. The molecule has 0 saturated carbocycles. The van der Waals surface area contributed by atoms with E-state index in [1.54, 1.807) is 42.5 Å². The highest BCUT2D eigenvalue weighted by molar-refractivity contribution is 5.99. The number of carboxylic acids is 1. The average molecular weight is 354 g/mol. The van der Waals surface area contributed by atoms with E-state index in [2.05, 4.69) is 10.6 Å². The number of carboxylic acid groups (broad SMARTS) is 1. The second-order valence-electron chi connectivity index (χ2n) is 5.87. The Morgan fingerprint density at radius 3 is 2.23 bits per heavy atom. The number of rotatable bonds is 8. The van der Waals surface area contributed by atoms with Gasteiger partial charge in [0.15, 0.2) is 0 Å². The minimum absolute atomic E-state index is 0.230. The second-order valence-corrected chi connectivity index (χ2v) is 5.87. The normalized spacial score (nSPS) is 11.4. The van der Waals surface area contributed by atoms with Gasteiger partial charge in [-0.3, -0.25) is 14.4 Å². The number of benzene rings is 2. The molecular weight excluding hydrogens is 332 g/mol. The first kappa shape index (κ1) is 19.2. The van der Waals surface area contributed by atoms with Gasteiger partial charge >= 0.3 is 5.97 Å². The SMILES string of the molecule is CCCNC(=O)c1cccc(C(=O)NC(CC(=O)O)c2ccccc2)c1. The highest BCUT2D eigenvalue weighted by Crippen LogP contribution is 2.17. The maximum Gasteiger partial charge on any atom is 0.305 e. The van der Waals surface area contributed by atoms with Gasteiger partial charge in [0.25, 0.3) is 11.8 Å². The van der Waals surface area contributed by atoms with Crippen molar-refractivity contribution >= 4 is 17.8 Å². The van der Waals surface area contributed by atoms with Crippen LogP contribution in [-0.2, 0) is 4.79 Å². The molecule has 2 aromatic rings. The number of hydrogen-bond acceptors (Lipinski definition) is 3. The van der Waals surface area contributed by atoms with Gasteiger partial charge in [-0.25, -0.2) is 0 Å². The summed E-state index contributed by atoms with van der Waals surface area (Å²) < 4.78 is 0. The maximum absolute atomic E-state index is 12.6. The van der Waals surface area contributed by atoms with Crippen LogP contribution in [0.1, 0.15) is 52.1 Å². The second kappa shape index (κ2) is 9.36. The fourth-order valence-corrected chi connectivity index (χ4v) is 2.50. The molecular formula is C20H22N2O4. The molecule has 6 nitrogen and oxygen atoms in total. The molecule has 26 heavy (non-hydrogen) atoms. The summed E-state index contributed by atoms with van der Waals surface area (Å²) in [5, 5.41) is 14.6. The number of aliphatic carboxylic acids is 1. The lowest BCUT2D eigenvalue weighted by molar-refractivity contribution is -0.137. The van der Waals surface area contributed by atoms with Gasteiger partial charge in [0.05, 0.1) is 12.5 Å². The average Bonchev–Trinajstić information content (AvgIpc) is 2.66. The summed E-state index contributed by atoms with van der Waals surface area (Å²) in [5.74, 6) is -1.68. The number of carbonyl (C=O) groups is 3. The monoisotopic (exact) mass is 354 g/mol. The zero-order valence-corrected chi connectivity index (χ0v) is 14.6. The van der Waals surface area contributed by atoms with Crippen molar-refractivity contribution in [2.45, 2.75) is 25.8 Å². The number of amides is 2. The first-order chi connectivity index (χ1) is 12.5. The molecule has 1 atom stereocenters. The van der Waals surface area contributed by atoms with Gasteiger partial charge in [-0.2, -0.15) is 0 Å². The third-order valence-electron chi connectivity index (χ3n) is 3.81. The molecule has 0 spiro atoms. The molecule has 2 aromatic carbocycles. The van der Waals surface area contributed by atoms with E-state index >= 15 is 0 Å². The maximum atomic E-state index is 12.6. The summed E-state index contributed by atoms with van der Waals surface area (Å²) in [5.41, 5.74) is 1.40. The Bertz CT molecular complexity index is 774. The van der Waals surface area contributed by atoms with Crippen LogP contribution >= 0.6 is 0 Å². The lowest BCUT2D eigenvalue weighted by Gasteiger charge is -2.17. The summed E-state index contributed by atoms with van der Waals surface area (Å²) in [4.78, 5) is 35.8. The molecule has 0 bridgehead atoms. The molecule has 0 aromatic heterocycles. The molecule has 2 rings (SSSR count). The Labute approximate surface area is 152 Å². The van der Waals surface area contributed by atoms with E-state index in [9.17, 15) is 14.4 Å². The molecule has 3 N–H and O–H groups in total. The molecule has 0 fully saturated rings. The predicted molar refractivity (Wildman–Crippen MR) is 98.0 cm³/mol. The molecule has 0 aliphatic heterocycles. The smallest absolute Gasteiger partial charge is 0.305 e. The van der Waals surface area contributed by atoms with E-state index in [4.69, 9.17) is 5.11 Å². The molecule has 0 heterocycles. The highest BCUT2D eigenvalue weighted by atomic mass is 16.4. The largest absolute Gasteiger partial charge is 0.481 e. The van der Waals surface area contributed by atoms with Crippen LogP contribution in [0.2, 0.25) is 0 Å². The van der Waals surface area contributed by atoms with E-state index in [1.165, 1.54) is 6.07 Å². The van der Waals surface area contributed by atoms with Crippen molar-refractivity contribution in [3.8, 4) is 0 Å². The molecule has 136 valence electrons. The van der Waals surface area contributed by atoms with Gasteiger partial charge < -0.3 is 15.7 Å². The third-order valence-corrected chi connectivity index (χ3v) is 3.81. The lowest BCUT2D eigenvalue weighted by Crippen LogP contribution is -2.30. The summed E-state index contributed by atoms with van der Waals surface area (Å²) in [6.45, 7) is 2.51. The van der Waals surface area contributed by atoms with Crippen molar-refractivity contribution in [3.63, 3.8) is 0 Å². The molecule has 0 aliphatic rings. The van der Waals surface area contributed by atoms with Crippen LogP contribution in [0.5, 0.6) is 0 Å². The zero-order valence-electron chi connectivity index (χ0n) is 14.6. The van der Waals surface area contributed by atoms with Gasteiger partial charge in [-0.1, -0.05) is 43.3 Å². The standard InChI is InChI=1S/C20H22N2O4/c1-2-11-21-19(25)15-9-6-10-16(12-15)20(26)22-17(13-18(23)24)14-7-4-3-5-8-14/h3-10,12,17H,2,11,13H2,1H3,(H,21,25)(H,22,26)(H,23,24). The quantitative estimate of drug-likeness (QED) is 0.679. The Morgan fingerprint density at radius 1 is 0.962 bits per heavy atom. The Morgan fingerprint density at radius 2 is 1.62 bits per heavy atom. The van der Waals surface area contributed by atoms with Gasteiger partial charge in [0, 0.05) is 17.7 Å². The van der Waals surface area contributed by atoms with Crippen molar-refractivity contribution in [1.29, 1.82) is 0 Å². The molecule has 0 saturated heterocycles. The minimum atomic E-state index is -1.01. The molecule has 0 radical (unpaired) electrons. The fourth-order valence-electron chi connectivity index (χ4n) is 2.50. The molecule has 0 aliphatic carbocycles. The Balaban J connectivity index is 2.16. The summed E-state index contributed by atoms with van der Waals surface area (Å²) in [6.07, 6.45) is 0.590. The Kier molecular flexibility index (Phi) is 6.91. The van der Waals surface area contributed by atoms with Crippen LogP contribution in [0.25, 0.3) is 0 Å². The van der Waals surface area contributed by atoms with Crippen molar-refractivity contribution in [3.05, 3.63) is 71.3 Å². The van der Waals surface area contributed by atoms with E-state index in [1.807, 2.05) is 13.0 Å². The van der Waals surface area contributed by atoms with Gasteiger partial charge in [0.1, 0.15) is 0 Å².